The van der Waals surface area contributed by atoms with Crippen LogP contribution in [0, 0.1) is 0 Å². The number of carbonyl (C=O) groups is 1. The summed E-state index contributed by atoms with van der Waals surface area (Å²) in [5.74, 6) is 0.830. The van der Waals surface area contributed by atoms with Crippen LogP contribution < -0.4 is 0 Å². The first-order valence-corrected chi connectivity index (χ1v) is 9.76. The number of hydrogen-bond donors (Lipinski definition) is 1. The summed E-state index contributed by atoms with van der Waals surface area (Å²) in [6.45, 7) is 1.28. The lowest BCUT2D eigenvalue weighted by Crippen LogP contribution is -2.40. The first-order chi connectivity index (χ1) is 11.6. The van der Waals surface area contributed by atoms with Gasteiger partial charge in [-0.2, -0.15) is 0 Å². The predicted molar refractivity (Wildman–Crippen MR) is 90.3 cm³/mol. The van der Waals surface area contributed by atoms with E-state index in [1.165, 1.54) is 0 Å². The second-order valence-corrected chi connectivity index (χ2v) is 8.14. The minimum absolute atomic E-state index is 0.0160. The van der Waals surface area contributed by atoms with Gasteiger partial charge in [0.25, 0.3) is 0 Å². The highest BCUT2D eigenvalue weighted by Crippen LogP contribution is 2.24. The number of rotatable bonds is 5. The first kappa shape index (κ1) is 16.7. The first-order valence-electron chi connectivity index (χ1n) is 8.11. The van der Waals surface area contributed by atoms with Crippen LogP contribution in [0.5, 0.6) is 0 Å². The van der Waals surface area contributed by atoms with E-state index in [1.807, 2.05) is 0 Å². The highest BCUT2D eigenvalue weighted by Gasteiger charge is 2.27. The second-order valence-electron chi connectivity index (χ2n) is 6.04. The van der Waals surface area contributed by atoms with E-state index in [9.17, 15) is 13.2 Å². The molecule has 0 aliphatic carbocycles. The summed E-state index contributed by atoms with van der Waals surface area (Å²) in [4.78, 5) is 21.8. The minimum Gasteiger partial charge on any atom is -0.348 e. The third kappa shape index (κ3) is 3.84. The third-order valence-electron chi connectivity index (χ3n) is 4.37. The van der Waals surface area contributed by atoms with Gasteiger partial charge in [-0.05, 0) is 25.0 Å². The van der Waals surface area contributed by atoms with Crippen LogP contribution in [0.15, 0.2) is 47.6 Å². The van der Waals surface area contributed by atoms with E-state index in [4.69, 9.17) is 0 Å². The lowest BCUT2D eigenvalue weighted by molar-refractivity contribution is -0.132. The minimum atomic E-state index is -3.42. The average Bonchev–Trinajstić information content (AvgIpc) is 3.15. The van der Waals surface area contributed by atoms with Crippen LogP contribution in [-0.4, -0.2) is 48.0 Å². The van der Waals surface area contributed by atoms with Crippen LogP contribution in [0.4, 0.5) is 0 Å². The molecule has 0 bridgehead atoms. The molecule has 0 unspecified atom stereocenters. The number of H-pyrrole nitrogens is 1. The molecular weight excluding hydrogens is 326 g/mol. The molecule has 0 radical (unpaired) electrons. The topological polar surface area (TPSA) is 83.1 Å². The van der Waals surface area contributed by atoms with Gasteiger partial charge in [0.15, 0.2) is 9.84 Å². The lowest BCUT2D eigenvalue weighted by Gasteiger charge is -2.32. The van der Waals surface area contributed by atoms with Gasteiger partial charge in [0.1, 0.15) is 5.82 Å². The van der Waals surface area contributed by atoms with Gasteiger partial charge >= 0.3 is 0 Å². The largest absolute Gasteiger partial charge is 0.348 e. The Balaban J connectivity index is 1.59. The van der Waals surface area contributed by atoms with Crippen molar-refractivity contribution in [2.75, 3.05) is 18.8 Å². The van der Waals surface area contributed by atoms with E-state index in [0.29, 0.717) is 13.1 Å². The highest BCUT2D eigenvalue weighted by molar-refractivity contribution is 7.91. The quantitative estimate of drug-likeness (QED) is 0.896. The zero-order valence-corrected chi connectivity index (χ0v) is 14.2. The Morgan fingerprint density at radius 3 is 2.79 bits per heavy atom. The summed E-state index contributed by atoms with van der Waals surface area (Å²) in [5.41, 5.74) is 0. The summed E-state index contributed by atoms with van der Waals surface area (Å²) in [6, 6.07) is 8.27. The number of hydrogen-bond acceptors (Lipinski definition) is 4. The Bertz CT molecular complexity index is 773. The van der Waals surface area contributed by atoms with Gasteiger partial charge in [0.05, 0.1) is 10.6 Å². The highest BCUT2D eigenvalue weighted by atomic mass is 32.2. The number of aromatic amines is 1. The van der Waals surface area contributed by atoms with Crippen molar-refractivity contribution < 1.29 is 13.2 Å². The normalized spacial score (nSPS) is 18.5. The predicted octanol–water partition coefficient (Wildman–Crippen LogP) is 1.98. The smallest absolute Gasteiger partial charge is 0.223 e. The molecule has 0 saturated carbocycles. The lowest BCUT2D eigenvalue weighted by atomic mass is 9.97. The van der Waals surface area contributed by atoms with Gasteiger partial charge in [-0.3, -0.25) is 4.79 Å². The molecule has 128 valence electrons. The molecular formula is C17H21N3O3S. The number of piperidine rings is 1. The van der Waals surface area contributed by atoms with Gasteiger partial charge in [0, 0.05) is 37.8 Å². The number of nitrogens with one attached hydrogen (secondary N) is 1. The molecule has 1 N–H and O–H groups in total. The fourth-order valence-corrected chi connectivity index (χ4v) is 4.30. The van der Waals surface area contributed by atoms with Gasteiger partial charge < -0.3 is 9.88 Å². The van der Waals surface area contributed by atoms with Gasteiger partial charge in [-0.1, -0.05) is 18.2 Å². The number of amides is 1. The average molecular weight is 347 g/mol. The molecule has 2 aromatic rings. The van der Waals surface area contributed by atoms with E-state index in [1.54, 1.807) is 47.6 Å². The molecule has 1 aliphatic heterocycles. The molecule has 1 fully saturated rings. The number of carbonyl (C=O) groups excluding carboxylic acids is 1. The molecule has 6 nitrogen and oxygen atoms in total. The zero-order valence-electron chi connectivity index (χ0n) is 13.4. The summed E-state index contributed by atoms with van der Waals surface area (Å²) in [6.07, 6.45) is 5.40. The Morgan fingerprint density at radius 1 is 1.29 bits per heavy atom. The van der Waals surface area contributed by atoms with E-state index >= 15 is 0 Å². The van der Waals surface area contributed by atoms with Crippen LogP contribution in [-0.2, 0) is 14.6 Å². The molecule has 7 heteroatoms. The van der Waals surface area contributed by atoms with Crippen LogP contribution in [0.1, 0.15) is 31.0 Å². The molecule has 0 spiro atoms. The Hall–Kier alpha value is -2.15. The standard InChI is InChI=1S/C17H21N3O3S/c21-16(8-12-24(22,23)15-6-2-1-3-7-15)20-11-4-5-14(13-20)17-18-9-10-19-17/h1-3,6-7,9-10,14H,4-5,8,11-13H2,(H,18,19)/t14-/m0/s1. The molecule has 1 amide bonds. The number of benzene rings is 1. The Labute approximate surface area is 141 Å². The van der Waals surface area contributed by atoms with Crippen LogP contribution >= 0.6 is 0 Å². The summed E-state index contributed by atoms with van der Waals surface area (Å²) >= 11 is 0. The van der Waals surface area contributed by atoms with Crippen LogP contribution in [0.2, 0.25) is 0 Å². The molecule has 1 saturated heterocycles. The summed E-state index contributed by atoms with van der Waals surface area (Å²) in [7, 11) is -3.42. The molecule has 1 atom stereocenters. The summed E-state index contributed by atoms with van der Waals surface area (Å²) in [5, 5.41) is 0. The number of imidazole rings is 1. The monoisotopic (exact) mass is 347 g/mol. The second kappa shape index (κ2) is 7.17. The fraction of sp³-hybridized carbons (Fsp3) is 0.412. The SMILES string of the molecule is O=C(CCS(=O)(=O)c1ccccc1)N1CCC[C@H](c2ncc[nH]2)C1. The van der Waals surface area contributed by atoms with Crippen molar-refractivity contribution in [3.05, 3.63) is 48.5 Å². The number of nitrogens with zero attached hydrogens (tertiary/aromatic N) is 2. The van der Waals surface area contributed by atoms with Crippen molar-refractivity contribution in [2.45, 2.75) is 30.1 Å². The van der Waals surface area contributed by atoms with Crippen LogP contribution in [0.3, 0.4) is 0 Å². The zero-order chi connectivity index (χ0) is 17.0. The number of sulfone groups is 1. The molecule has 1 aliphatic rings. The maximum Gasteiger partial charge on any atom is 0.223 e. The van der Waals surface area contributed by atoms with E-state index in [-0.39, 0.29) is 28.9 Å². The molecule has 2 heterocycles. The van der Waals surface area contributed by atoms with Crippen molar-refractivity contribution in [1.82, 2.24) is 14.9 Å². The maximum atomic E-state index is 12.4. The van der Waals surface area contributed by atoms with Crippen LogP contribution in [0.25, 0.3) is 0 Å². The van der Waals surface area contributed by atoms with Crippen molar-refractivity contribution in [3.63, 3.8) is 0 Å². The van der Waals surface area contributed by atoms with E-state index in [2.05, 4.69) is 9.97 Å². The maximum absolute atomic E-state index is 12.4. The van der Waals surface area contributed by atoms with E-state index < -0.39 is 9.84 Å². The fourth-order valence-electron chi connectivity index (χ4n) is 3.05. The molecule has 3 rings (SSSR count). The molecule has 1 aromatic carbocycles. The van der Waals surface area contributed by atoms with Gasteiger partial charge in [-0.15, -0.1) is 0 Å². The number of aromatic nitrogens is 2. The van der Waals surface area contributed by atoms with Gasteiger partial charge in [0.2, 0.25) is 5.91 Å². The van der Waals surface area contributed by atoms with Crippen molar-refractivity contribution >= 4 is 15.7 Å². The summed E-state index contributed by atoms with van der Waals surface area (Å²) < 4.78 is 24.6. The third-order valence-corrected chi connectivity index (χ3v) is 6.10. The molecule has 1 aromatic heterocycles. The Morgan fingerprint density at radius 2 is 2.08 bits per heavy atom. The van der Waals surface area contributed by atoms with Gasteiger partial charge in [-0.25, -0.2) is 13.4 Å². The van der Waals surface area contributed by atoms with Crippen molar-refractivity contribution in [2.24, 2.45) is 0 Å². The Kier molecular flexibility index (Phi) is 4.99. The van der Waals surface area contributed by atoms with Crippen molar-refractivity contribution in [3.8, 4) is 0 Å². The molecule has 24 heavy (non-hydrogen) atoms. The number of likely N-dealkylation sites (tertiary alicyclic amines) is 1. The van der Waals surface area contributed by atoms with E-state index in [0.717, 1.165) is 18.7 Å². The van der Waals surface area contributed by atoms with Crippen molar-refractivity contribution in [1.29, 1.82) is 0 Å².